The van der Waals surface area contributed by atoms with Crippen LogP contribution in [-0.4, -0.2) is 48.1 Å². The minimum Gasteiger partial charge on any atom is -0.358 e. The fraction of sp³-hybridized carbons (Fsp3) is 0.400. The number of benzene rings is 2. The minimum absolute atomic E-state index is 0.127. The Kier molecular flexibility index (Phi) is 5.34. The molecule has 2 aromatic carbocycles. The number of para-hydroxylation sites is 1. The van der Waals surface area contributed by atoms with E-state index in [0.29, 0.717) is 43.6 Å². The Labute approximate surface area is 189 Å². The topological polar surface area (TPSA) is 73.5 Å². The highest BCUT2D eigenvalue weighted by atomic mass is 32.2. The van der Waals surface area contributed by atoms with Crippen LogP contribution in [0.15, 0.2) is 53.4 Å². The fourth-order valence-electron chi connectivity index (χ4n) is 5.26. The van der Waals surface area contributed by atoms with Gasteiger partial charge in [-0.3, -0.25) is 4.79 Å². The number of amides is 1. The molecule has 2 atom stereocenters. The van der Waals surface area contributed by atoms with E-state index in [-0.39, 0.29) is 10.8 Å². The Morgan fingerprint density at radius 1 is 1.03 bits per heavy atom. The highest BCUT2D eigenvalue weighted by Gasteiger charge is 2.32. The van der Waals surface area contributed by atoms with Crippen molar-refractivity contribution in [1.29, 1.82) is 0 Å². The Morgan fingerprint density at radius 3 is 2.56 bits per heavy atom. The van der Waals surface area contributed by atoms with Crippen LogP contribution in [0, 0.1) is 11.8 Å². The molecule has 0 aliphatic carbocycles. The number of aromatic nitrogens is 1. The highest BCUT2D eigenvalue weighted by molar-refractivity contribution is 7.89. The number of carbonyl (C=O) groups excluding carboxylic acids is 1. The second kappa shape index (κ2) is 8.05. The van der Waals surface area contributed by atoms with Crippen LogP contribution < -0.4 is 0 Å². The van der Waals surface area contributed by atoms with E-state index in [1.54, 1.807) is 28.6 Å². The van der Waals surface area contributed by atoms with Gasteiger partial charge in [0.2, 0.25) is 10.0 Å². The Balaban J connectivity index is 1.40. The Hall–Kier alpha value is -2.64. The molecule has 0 spiro atoms. The first-order valence-electron chi connectivity index (χ1n) is 11.3. The lowest BCUT2D eigenvalue weighted by molar-refractivity contribution is 0.0735. The summed E-state index contributed by atoms with van der Waals surface area (Å²) in [5, 5.41) is 1.14. The van der Waals surface area contributed by atoms with Gasteiger partial charge in [0.15, 0.2) is 0 Å². The normalized spacial score (nSPS) is 22.1. The molecule has 2 aliphatic rings. The number of H-pyrrole nitrogens is 1. The first-order chi connectivity index (χ1) is 15.3. The highest BCUT2D eigenvalue weighted by Crippen LogP contribution is 2.30. The first-order valence-corrected chi connectivity index (χ1v) is 12.7. The molecule has 6 nitrogen and oxygen atoms in total. The van der Waals surface area contributed by atoms with E-state index < -0.39 is 10.0 Å². The molecule has 1 saturated heterocycles. The summed E-state index contributed by atoms with van der Waals surface area (Å²) in [7, 11) is -3.63. The van der Waals surface area contributed by atoms with Crippen molar-refractivity contribution in [3.8, 4) is 0 Å². The summed E-state index contributed by atoms with van der Waals surface area (Å²) in [6.45, 7) is 6.37. The van der Waals surface area contributed by atoms with Crippen LogP contribution >= 0.6 is 0 Å². The Bertz CT molecular complexity index is 1270. The molecule has 0 unspecified atom stereocenters. The largest absolute Gasteiger partial charge is 0.358 e. The van der Waals surface area contributed by atoms with Crippen LogP contribution in [0.4, 0.5) is 0 Å². The third-order valence-corrected chi connectivity index (χ3v) is 8.55. The number of fused-ring (bicyclic) bond motifs is 3. The van der Waals surface area contributed by atoms with Crippen LogP contribution in [0.25, 0.3) is 10.9 Å². The average Bonchev–Trinajstić information content (AvgIpc) is 3.16. The number of sulfonamides is 1. The van der Waals surface area contributed by atoms with E-state index in [2.05, 4.69) is 31.0 Å². The number of piperidine rings is 1. The molecule has 2 aliphatic heterocycles. The van der Waals surface area contributed by atoms with Crippen molar-refractivity contribution in [3.05, 3.63) is 65.4 Å². The summed E-state index contributed by atoms with van der Waals surface area (Å²) in [5.74, 6) is 0.535. The van der Waals surface area contributed by atoms with Gasteiger partial charge in [-0.1, -0.05) is 38.1 Å². The van der Waals surface area contributed by atoms with Crippen LogP contribution in [0.2, 0.25) is 0 Å². The van der Waals surface area contributed by atoms with E-state index in [4.69, 9.17) is 0 Å². The van der Waals surface area contributed by atoms with Crippen molar-refractivity contribution in [2.75, 3.05) is 19.6 Å². The van der Waals surface area contributed by atoms with Gasteiger partial charge in [0, 0.05) is 60.3 Å². The number of hydrogen-bond donors (Lipinski definition) is 1. The summed E-state index contributed by atoms with van der Waals surface area (Å²) in [6, 6.07) is 14.7. The zero-order chi connectivity index (χ0) is 22.5. The molecular weight excluding hydrogens is 422 g/mol. The third kappa shape index (κ3) is 3.73. The molecule has 7 heteroatoms. The lowest BCUT2D eigenvalue weighted by Crippen LogP contribution is -2.42. The van der Waals surface area contributed by atoms with Crippen molar-refractivity contribution in [2.45, 2.75) is 38.1 Å². The summed E-state index contributed by atoms with van der Waals surface area (Å²) in [4.78, 5) is 18.8. The summed E-state index contributed by atoms with van der Waals surface area (Å²) in [6.07, 6.45) is 1.80. The van der Waals surface area contributed by atoms with Gasteiger partial charge in [-0.05, 0) is 42.5 Å². The summed E-state index contributed by atoms with van der Waals surface area (Å²) >= 11 is 0. The van der Waals surface area contributed by atoms with Crippen molar-refractivity contribution < 1.29 is 13.2 Å². The molecule has 32 heavy (non-hydrogen) atoms. The van der Waals surface area contributed by atoms with Gasteiger partial charge in [-0.25, -0.2) is 8.42 Å². The number of aromatic amines is 1. The van der Waals surface area contributed by atoms with E-state index in [9.17, 15) is 13.2 Å². The Morgan fingerprint density at radius 2 is 1.78 bits per heavy atom. The minimum atomic E-state index is -3.63. The van der Waals surface area contributed by atoms with Gasteiger partial charge >= 0.3 is 0 Å². The molecule has 0 saturated carbocycles. The third-order valence-electron chi connectivity index (χ3n) is 6.72. The van der Waals surface area contributed by atoms with Crippen LogP contribution in [0.5, 0.6) is 0 Å². The smallest absolute Gasteiger partial charge is 0.254 e. The number of nitrogens with one attached hydrogen (secondary N) is 1. The van der Waals surface area contributed by atoms with Gasteiger partial charge in [0.1, 0.15) is 0 Å². The van der Waals surface area contributed by atoms with Crippen molar-refractivity contribution in [1.82, 2.24) is 14.2 Å². The molecule has 0 radical (unpaired) electrons. The zero-order valence-electron chi connectivity index (χ0n) is 18.5. The van der Waals surface area contributed by atoms with Crippen molar-refractivity contribution >= 4 is 26.8 Å². The van der Waals surface area contributed by atoms with E-state index >= 15 is 0 Å². The van der Waals surface area contributed by atoms with Gasteiger partial charge in [-0.2, -0.15) is 4.31 Å². The zero-order valence-corrected chi connectivity index (χ0v) is 19.4. The molecule has 168 valence electrons. The maximum atomic E-state index is 13.3. The predicted octanol–water partition coefficient (Wildman–Crippen LogP) is 4.03. The molecular formula is C25H29N3O3S. The number of rotatable bonds is 3. The monoisotopic (exact) mass is 451 g/mol. The molecule has 0 bridgehead atoms. The molecule has 3 aromatic rings. The van der Waals surface area contributed by atoms with E-state index in [0.717, 1.165) is 29.3 Å². The van der Waals surface area contributed by atoms with Gasteiger partial charge < -0.3 is 9.88 Å². The van der Waals surface area contributed by atoms with Gasteiger partial charge in [-0.15, -0.1) is 0 Å². The summed E-state index contributed by atoms with van der Waals surface area (Å²) in [5.41, 5.74) is 3.84. The van der Waals surface area contributed by atoms with E-state index in [1.165, 1.54) is 5.69 Å². The van der Waals surface area contributed by atoms with Crippen molar-refractivity contribution in [3.63, 3.8) is 0 Å². The average molecular weight is 452 g/mol. The fourth-order valence-corrected chi connectivity index (χ4v) is 6.99. The van der Waals surface area contributed by atoms with Crippen molar-refractivity contribution in [2.24, 2.45) is 11.8 Å². The SMILES string of the molecule is C[C@@H]1C[C@@H](C)CN(S(=O)(=O)c2cccc(C(=O)N3CCc4[nH]c5ccccc5c4C3)c2)C1. The lowest BCUT2D eigenvalue weighted by atomic mass is 9.94. The maximum Gasteiger partial charge on any atom is 0.254 e. The van der Waals surface area contributed by atoms with Gasteiger partial charge in [0.25, 0.3) is 5.91 Å². The molecule has 1 amide bonds. The van der Waals surface area contributed by atoms with E-state index in [1.807, 2.05) is 17.0 Å². The second-order valence-corrected chi connectivity index (χ2v) is 11.3. The first kappa shape index (κ1) is 21.2. The van der Waals surface area contributed by atoms with Crippen LogP contribution in [0.3, 0.4) is 0 Å². The second-order valence-electron chi connectivity index (χ2n) is 9.40. The lowest BCUT2D eigenvalue weighted by Gasteiger charge is -2.34. The van der Waals surface area contributed by atoms with Gasteiger partial charge in [0.05, 0.1) is 4.90 Å². The van der Waals surface area contributed by atoms with Crippen LogP contribution in [0.1, 0.15) is 41.9 Å². The molecule has 1 aromatic heterocycles. The standard InChI is InChI=1S/C25H29N3O3S/c1-17-12-18(2)15-28(14-17)32(30,31)20-7-5-6-19(13-20)25(29)27-11-10-24-22(16-27)21-8-3-4-9-23(21)26-24/h3-9,13,17-18,26H,10-12,14-16H2,1-2H3/t17-,18-/m1/s1. The predicted molar refractivity (Wildman–Crippen MR) is 125 cm³/mol. The number of hydrogen-bond acceptors (Lipinski definition) is 3. The maximum absolute atomic E-state index is 13.3. The quantitative estimate of drug-likeness (QED) is 0.653. The molecule has 3 heterocycles. The molecule has 1 fully saturated rings. The number of carbonyl (C=O) groups is 1. The number of nitrogens with zero attached hydrogens (tertiary/aromatic N) is 2. The van der Waals surface area contributed by atoms with Crippen LogP contribution in [-0.2, 0) is 23.0 Å². The summed E-state index contributed by atoms with van der Waals surface area (Å²) < 4.78 is 28.2. The molecule has 1 N–H and O–H groups in total. The molecule has 5 rings (SSSR count).